The standard InChI is InChI=1S/C17H19ClN2O/c1-21-17-8-7-14(11-15(17)18)20-10-9-19-12-16(20)13-5-3-2-4-6-13/h2-8,11,16,19H,9-10,12H2,1H3. The number of benzene rings is 2. The van der Waals surface area contributed by atoms with E-state index in [-0.39, 0.29) is 0 Å². The molecule has 110 valence electrons. The van der Waals surface area contributed by atoms with E-state index in [0.29, 0.717) is 16.8 Å². The van der Waals surface area contributed by atoms with Crippen LogP contribution in [0.5, 0.6) is 5.75 Å². The molecule has 1 fully saturated rings. The maximum Gasteiger partial charge on any atom is 0.137 e. The third-order valence-electron chi connectivity index (χ3n) is 3.89. The first kappa shape index (κ1) is 14.2. The van der Waals surface area contributed by atoms with E-state index in [1.54, 1.807) is 7.11 Å². The summed E-state index contributed by atoms with van der Waals surface area (Å²) in [6, 6.07) is 16.9. The lowest BCUT2D eigenvalue weighted by atomic mass is 10.0. The van der Waals surface area contributed by atoms with E-state index in [2.05, 4.69) is 40.5 Å². The van der Waals surface area contributed by atoms with Crippen LogP contribution in [0.2, 0.25) is 5.02 Å². The molecule has 1 aliphatic heterocycles. The Morgan fingerprint density at radius 1 is 1.19 bits per heavy atom. The minimum atomic E-state index is 0.324. The highest BCUT2D eigenvalue weighted by molar-refractivity contribution is 6.32. The van der Waals surface area contributed by atoms with E-state index in [9.17, 15) is 0 Å². The van der Waals surface area contributed by atoms with Gasteiger partial charge in [-0.2, -0.15) is 0 Å². The summed E-state index contributed by atoms with van der Waals surface area (Å²) in [5.41, 5.74) is 2.45. The molecule has 1 unspecified atom stereocenters. The zero-order chi connectivity index (χ0) is 14.7. The molecule has 1 aliphatic rings. The number of halogens is 1. The van der Waals surface area contributed by atoms with Gasteiger partial charge in [-0.1, -0.05) is 41.9 Å². The van der Waals surface area contributed by atoms with Crippen LogP contribution in [0.3, 0.4) is 0 Å². The monoisotopic (exact) mass is 302 g/mol. The predicted molar refractivity (Wildman–Crippen MR) is 87.4 cm³/mol. The first-order valence-electron chi connectivity index (χ1n) is 7.15. The minimum Gasteiger partial charge on any atom is -0.495 e. The molecule has 3 rings (SSSR count). The molecule has 2 aromatic carbocycles. The minimum absolute atomic E-state index is 0.324. The molecule has 1 N–H and O–H groups in total. The lowest BCUT2D eigenvalue weighted by Gasteiger charge is -2.38. The summed E-state index contributed by atoms with van der Waals surface area (Å²) in [7, 11) is 1.64. The van der Waals surface area contributed by atoms with Crippen molar-refractivity contribution < 1.29 is 4.74 Å². The van der Waals surface area contributed by atoms with Gasteiger partial charge in [-0.25, -0.2) is 0 Å². The van der Waals surface area contributed by atoms with Crippen LogP contribution in [0.4, 0.5) is 5.69 Å². The van der Waals surface area contributed by atoms with E-state index >= 15 is 0 Å². The number of anilines is 1. The van der Waals surface area contributed by atoms with Crippen molar-refractivity contribution in [2.45, 2.75) is 6.04 Å². The first-order chi connectivity index (χ1) is 10.3. The lowest BCUT2D eigenvalue weighted by molar-refractivity contribution is 0.415. The molecule has 0 spiro atoms. The summed E-state index contributed by atoms with van der Waals surface area (Å²) in [6.45, 7) is 2.88. The molecule has 0 aliphatic carbocycles. The van der Waals surface area contributed by atoms with Gasteiger partial charge >= 0.3 is 0 Å². The van der Waals surface area contributed by atoms with Gasteiger partial charge in [-0.05, 0) is 23.8 Å². The number of nitrogens with one attached hydrogen (secondary N) is 1. The van der Waals surface area contributed by atoms with Crippen molar-refractivity contribution in [1.29, 1.82) is 0 Å². The van der Waals surface area contributed by atoms with Crippen LogP contribution in [-0.2, 0) is 0 Å². The molecule has 0 bridgehead atoms. The number of piperazine rings is 1. The second kappa shape index (κ2) is 6.37. The quantitative estimate of drug-likeness (QED) is 0.939. The van der Waals surface area contributed by atoms with Crippen molar-refractivity contribution in [3.05, 3.63) is 59.1 Å². The lowest BCUT2D eigenvalue weighted by Crippen LogP contribution is -2.46. The van der Waals surface area contributed by atoms with Gasteiger partial charge in [0.05, 0.1) is 18.2 Å². The van der Waals surface area contributed by atoms with Crippen molar-refractivity contribution in [2.75, 3.05) is 31.6 Å². The molecule has 4 heteroatoms. The molecule has 0 aromatic heterocycles. The van der Waals surface area contributed by atoms with E-state index in [1.165, 1.54) is 5.56 Å². The molecule has 2 aromatic rings. The number of nitrogens with zero attached hydrogens (tertiary/aromatic N) is 1. The molecule has 1 atom stereocenters. The Hall–Kier alpha value is -1.71. The predicted octanol–water partition coefficient (Wildman–Crippen LogP) is 3.50. The van der Waals surface area contributed by atoms with Crippen LogP contribution in [0.1, 0.15) is 11.6 Å². The Kier molecular flexibility index (Phi) is 4.32. The van der Waals surface area contributed by atoms with Gasteiger partial charge in [0.25, 0.3) is 0 Å². The van der Waals surface area contributed by atoms with Crippen molar-refractivity contribution in [2.24, 2.45) is 0 Å². The summed E-state index contributed by atoms with van der Waals surface area (Å²) in [5, 5.41) is 4.12. The maximum absolute atomic E-state index is 6.28. The molecule has 0 radical (unpaired) electrons. The molecular weight excluding hydrogens is 284 g/mol. The second-order valence-corrected chi connectivity index (χ2v) is 5.55. The van der Waals surface area contributed by atoms with Gasteiger partial charge in [-0.15, -0.1) is 0 Å². The fraction of sp³-hybridized carbons (Fsp3) is 0.294. The highest BCUT2D eigenvalue weighted by atomic mass is 35.5. The smallest absolute Gasteiger partial charge is 0.137 e. The van der Waals surface area contributed by atoms with Gasteiger partial charge in [0.2, 0.25) is 0 Å². The molecular formula is C17H19ClN2O. The van der Waals surface area contributed by atoms with E-state index < -0.39 is 0 Å². The summed E-state index contributed by atoms with van der Waals surface area (Å²) >= 11 is 6.28. The van der Waals surface area contributed by atoms with Crippen molar-refractivity contribution in [3.63, 3.8) is 0 Å². The van der Waals surface area contributed by atoms with Crippen LogP contribution in [0, 0.1) is 0 Å². The zero-order valence-electron chi connectivity index (χ0n) is 12.1. The van der Waals surface area contributed by atoms with E-state index in [1.807, 2.05) is 18.2 Å². The first-order valence-corrected chi connectivity index (χ1v) is 7.53. The van der Waals surface area contributed by atoms with E-state index in [4.69, 9.17) is 16.3 Å². The van der Waals surface area contributed by atoms with Gasteiger partial charge in [0.1, 0.15) is 5.75 Å². The topological polar surface area (TPSA) is 24.5 Å². The summed E-state index contributed by atoms with van der Waals surface area (Å²) < 4.78 is 5.24. The van der Waals surface area contributed by atoms with Crippen molar-refractivity contribution >= 4 is 17.3 Å². The van der Waals surface area contributed by atoms with E-state index in [0.717, 1.165) is 25.3 Å². The van der Waals surface area contributed by atoms with Gasteiger partial charge < -0.3 is 15.0 Å². The van der Waals surface area contributed by atoms with Gasteiger partial charge in [0, 0.05) is 25.3 Å². The normalized spacial score (nSPS) is 18.6. The SMILES string of the molecule is COc1ccc(N2CCNCC2c2ccccc2)cc1Cl. The third kappa shape index (κ3) is 2.99. The Labute approximate surface area is 130 Å². The van der Waals surface area contributed by atoms with Gasteiger partial charge in [-0.3, -0.25) is 0 Å². The van der Waals surface area contributed by atoms with Crippen LogP contribution in [0.15, 0.2) is 48.5 Å². The Morgan fingerprint density at radius 3 is 2.71 bits per heavy atom. The molecule has 0 amide bonds. The van der Waals surface area contributed by atoms with Crippen molar-refractivity contribution in [1.82, 2.24) is 5.32 Å². The Morgan fingerprint density at radius 2 is 2.00 bits per heavy atom. The molecule has 1 saturated heterocycles. The van der Waals surface area contributed by atoms with Crippen LogP contribution in [-0.4, -0.2) is 26.7 Å². The maximum atomic E-state index is 6.28. The largest absolute Gasteiger partial charge is 0.495 e. The highest BCUT2D eigenvalue weighted by Gasteiger charge is 2.24. The number of methoxy groups -OCH3 is 1. The van der Waals surface area contributed by atoms with Gasteiger partial charge in [0.15, 0.2) is 0 Å². The number of hydrogen-bond donors (Lipinski definition) is 1. The second-order valence-electron chi connectivity index (χ2n) is 5.14. The number of hydrogen-bond acceptors (Lipinski definition) is 3. The molecule has 0 saturated carbocycles. The summed E-state index contributed by atoms with van der Waals surface area (Å²) in [5.74, 6) is 0.715. The van der Waals surface area contributed by atoms with Crippen molar-refractivity contribution in [3.8, 4) is 5.75 Å². The molecule has 3 nitrogen and oxygen atoms in total. The fourth-order valence-corrected chi connectivity index (χ4v) is 3.07. The fourth-order valence-electron chi connectivity index (χ4n) is 2.82. The molecule has 21 heavy (non-hydrogen) atoms. The average Bonchev–Trinajstić information content (AvgIpc) is 2.55. The Bertz CT molecular complexity index is 603. The number of rotatable bonds is 3. The van der Waals surface area contributed by atoms with Crippen LogP contribution < -0.4 is 15.0 Å². The summed E-state index contributed by atoms with van der Waals surface area (Å²) in [6.07, 6.45) is 0. The zero-order valence-corrected chi connectivity index (χ0v) is 12.8. The molecule has 1 heterocycles. The average molecular weight is 303 g/mol. The summed E-state index contributed by atoms with van der Waals surface area (Å²) in [4.78, 5) is 2.40. The number of ether oxygens (including phenoxy) is 1. The highest BCUT2D eigenvalue weighted by Crippen LogP contribution is 2.33. The van der Waals surface area contributed by atoms with Crippen LogP contribution >= 0.6 is 11.6 Å². The van der Waals surface area contributed by atoms with Crippen LogP contribution in [0.25, 0.3) is 0 Å². The third-order valence-corrected chi connectivity index (χ3v) is 4.19. The Balaban J connectivity index is 1.92.